The number of fused-ring (bicyclic) bond motifs is 1. The van der Waals surface area contributed by atoms with E-state index in [2.05, 4.69) is 14.9 Å². The van der Waals surface area contributed by atoms with Gasteiger partial charge in [-0.3, -0.25) is 19.2 Å². The summed E-state index contributed by atoms with van der Waals surface area (Å²) in [4.78, 5) is 33.4. The van der Waals surface area contributed by atoms with E-state index in [-0.39, 0.29) is 0 Å². The van der Waals surface area contributed by atoms with Gasteiger partial charge in [-0.15, -0.1) is 0 Å². The molecule has 0 saturated carbocycles. The number of nitrogens with one attached hydrogen (secondary N) is 1. The van der Waals surface area contributed by atoms with E-state index >= 15 is 0 Å². The van der Waals surface area contributed by atoms with Gasteiger partial charge in [0.15, 0.2) is 16.3 Å². The molecule has 0 aromatic carbocycles. The average Bonchev–Trinajstić information content (AvgIpc) is 2.98. The molecule has 142 valence electrons. The van der Waals surface area contributed by atoms with Crippen molar-refractivity contribution in [3.05, 3.63) is 31.9 Å². The van der Waals surface area contributed by atoms with Gasteiger partial charge in [0.25, 0.3) is 5.56 Å². The second-order valence-electron chi connectivity index (χ2n) is 6.09. The van der Waals surface area contributed by atoms with E-state index in [0.717, 1.165) is 38.6 Å². The van der Waals surface area contributed by atoms with E-state index in [4.69, 9.17) is 16.3 Å². The maximum Gasteiger partial charge on any atom is 0.329 e. The largest absolute Gasteiger partial charge is 0.379 e. The number of nitrogens with zero attached hydrogens (tertiary/aromatic N) is 4. The number of thioether (sulfide) groups is 1. The minimum atomic E-state index is -0.471. The highest BCUT2D eigenvalue weighted by Crippen LogP contribution is 2.22. The number of halogens is 1. The van der Waals surface area contributed by atoms with Crippen LogP contribution in [0.3, 0.4) is 0 Å². The SMILES string of the molecule is CC(Cl)=CCn1c(SCCN2CCOCC2)nc2c1c(=O)[nH]c(=O)n2C. The average molecular weight is 400 g/mol. The monoisotopic (exact) mass is 399 g/mol. The third-order valence-corrected chi connectivity index (χ3v) is 5.38. The highest BCUT2D eigenvalue weighted by atomic mass is 35.5. The fraction of sp³-hybridized carbons (Fsp3) is 0.562. The van der Waals surface area contributed by atoms with E-state index in [1.807, 2.05) is 10.6 Å². The number of aromatic amines is 1. The Morgan fingerprint density at radius 3 is 2.81 bits per heavy atom. The molecule has 0 unspecified atom stereocenters. The molecular formula is C16H22ClN5O3S. The van der Waals surface area contributed by atoms with E-state index < -0.39 is 11.2 Å². The number of H-pyrrole nitrogens is 1. The predicted molar refractivity (Wildman–Crippen MR) is 103 cm³/mol. The molecule has 26 heavy (non-hydrogen) atoms. The Morgan fingerprint density at radius 2 is 2.12 bits per heavy atom. The Morgan fingerprint density at radius 1 is 1.38 bits per heavy atom. The number of imidazole rings is 1. The minimum Gasteiger partial charge on any atom is -0.379 e. The molecule has 0 aliphatic carbocycles. The number of allylic oxidation sites excluding steroid dienone is 2. The molecule has 1 fully saturated rings. The quantitative estimate of drug-likeness (QED) is 0.729. The van der Waals surface area contributed by atoms with Gasteiger partial charge in [-0.25, -0.2) is 9.78 Å². The summed E-state index contributed by atoms with van der Waals surface area (Å²) in [6, 6.07) is 0. The number of hydrogen-bond acceptors (Lipinski definition) is 6. The standard InChI is InChI=1S/C16H22ClN5O3S/c1-11(17)3-4-22-12-13(20(2)15(24)19-14(12)23)18-16(22)26-10-7-21-5-8-25-9-6-21/h3H,4-10H2,1-2H3,(H,19,23,24). The van der Waals surface area contributed by atoms with Gasteiger partial charge in [-0.1, -0.05) is 29.4 Å². The van der Waals surface area contributed by atoms with E-state index in [1.54, 1.807) is 25.7 Å². The fourth-order valence-electron chi connectivity index (χ4n) is 2.80. The van der Waals surface area contributed by atoms with Crippen molar-refractivity contribution in [3.8, 4) is 0 Å². The van der Waals surface area contributed by atoms with Crippen LogP contribution in [0.2, 0.25) is 0 Å². The number of aromatic nitrogens is 4. The van der Waals surface area contributed by atoms with Crippen LogP contribution < -0.4 is 11.2 Å². The van der Waals surface area contributed by atoms with Gasteiger partial charge in [0.2, 0.25) is 0 Å². The molecule has 10 heteroatoms. The zero-order chi connectivity index (χ0) is 18.7. The summed E-state index contributed by atoms with van der Waals surface area (Å²) in [6.07, 6.45) is 1.82. The number of morpholine rings is 1. The number of aryl methyl sites for hydroxylation is 1. The molecule has 0 radical (unpaired) electrons. The van der Waals surface area contributed by atoms with Crippen LogP contribution in [0, 0.1) is 0 Å². The highest BCUT2D eigenvalue weighted by Gasteiger charge is 2.18. The van der Waals surface area contributed by atoms with Gasteiger partial charge in [-0.2, -0.15) is 0 Å². The smallest absolute Gasteiger partial charge is 0.329 e. The van der Waals surface area contributed by atoms with Crippen LogP contribution in [0.5, 0.6) is 0 Å². The summed E-state index contributed by atoms with van der Waals surface area (Å²) in [5.41, 5.74) is -0.138. The number of hydrogen-bond donors (Lipinski definition) is 1. The van der Waals surface area contributed by atoms with Crippen LogP contribution in [0.1, 0.15) is 6.92 Å². The first-order valence-corrected chi connectivity index (χ1v) is 9.78. The Hall–Kier alpha value is -1.55. The van der Waals surface area contributed by atoms with Crippen molar-refractivity contribution in [1.29, 1.82) is 0 Å². The molecule has 0 amide bonds. The van der Waals surface area contributed by atoms with Gasteiger partial charge in [-0.05, 0) is 6.92 Å². The molecule has 8 nitrogen and oxygen atoms in total. The van der Waals surface area contributed by atoms with Crippen LogP contribution >= 0.6 is 23.4 Å². The maximum atomic E-state index is 12.3. The van der Waals surface area contributed by atoms with E-state index in [1.165, 1.54) is 4.57 Å². The van der Waals surface area contributed by atoms with Gasteiger partial charge in [0.1, 0.15) is 0 Å². The third kappa shape index (κ3) is 4.22. The second-order valence-corrected chi connectivity index (χ2v) is 7.75. The van der Waals surface area contributed by atoms with Gasteiger partial charge >= 0.3 is 5.69 Å². The van der Waals surface area contributed by atoms with Crippen molar-refractivity contribution >= 4 is 34.5 Å². The lowest BCUT2D eigenvalue weighted by atomic mass is 10.4. The lowest BCUT2D eigenvalue weighted by Gasteiger charge is -2.26. The topological polar surface area (TPSA) is 85.2 Å². The van der Waals surface area contributed by atoms with Crippen molar-refractivity contribution in [2.75, 3.05) is 38.6 Å². The molecule has 1 N–H and O–H groups in total. The Bertz CT molecular complexity index is 922. The zero-order valence-electron chi connectivity index (χ0n) is 14.8. The normalized spacial score (nSPS) is 16.5. The van der Waals surface area contributed by atoms with Crippen LogP contribution in [0.15, 0.2) is 25.9 Å². The molecule has 0 bridgehead atoms. The lowest BCUT2D eigenvalue weighted by molar-refractivity contribution is 0.0410. The lowest BCUT2D eigenvalue weighted by Crippen LogP contribution is -2.37. The summed E-state index contributed by atoms with van der Waals surface area (Å²) in [5.74, 6) is 0.832. The second kappa shape index (κ2) is 8.43. The number of ether oxygens (including phenoxy) is 1. The van der Waals surface area contributed by atoms with Crippen molar-refractivity contribution in [3.63, 3.8) is 0 Å². The molecule has 0 spiro atoms. The van der Waals surface area contributed by atoms with Crippen molar-refractivity contribution in [2.45, 2.75) is 18.6 Å². The van der Waals surface area contributed by atoms with Gasteiger partial charge in [0.05, 0.1) is 13.2 Å². The van der Waals surface area contributed by atoms with Gasteiger partial charge < -0.3 is 9.30 Å². The first-order chi connectivity index (χ1) is 12.5. The molecule has 1 saturated heterocycles. The summed E-state index contributed by atoms with van der Waals surface area (Å²) >= 11 is 7.53. The van der Waals surface area contributed by atoms with Gasteiger partial charge in [0, 0.05) is 44.0 Å². The first-order valence-electron chi connectivity index (χ1n) is 8.42. The highest BCUT2D eigenvalue weighted by molar-refractivity contribution is 7.99. The molecule has 2 aromatic rings. The van der Waals surface area contributed by atoms with E-state index in [0.29, 0.717) is 27.9 Å². The summed E-state index contributed by atoms with van der Waals surface area (Å²) in [7, 11) is 1.60. The predicted octanol–water partition coefficient (Wildman–Crippen LogP) is 0.990. The Labute approximate surface area is 159 Å². The van der Waals surface area contributed by atoms with Crippen molar-refractivity contribution in [1.82, 2.24) is 24.0 Å². The van der Waals surface area contributed by atoms with Crippen LogP contribution in [0.25, 0.3) is 11.2 Å². The molecule has 3 heterocycles. The molecule has 3 rings (SSSR count). The molecular weight excluding hydrogens is 378 g/mol. The minimum absolute atomic E-state index is 0.383. The van der Waals surface area contributed by atoms with Crippen LogP contribution in [-0.4, -0.2) is 62.6 Å². The Kier molecular flexibility index (Phi) is 6.23. The molecule has 2 aromatic heterocycles. The van der Waals surface area contributed by atoms with Crippen LogP contribution in [0.4, 0.5) is 0 Å². The van der Waals surface area contributed by atoms with E-state index in [9.17, 15) is 9.59 Å². The summed E-state index contributed by atoms with van der Waals surface area (Å²) in [5, 5.41) is 1.34. The van der Waals surface area contributed by atoms with Crippen molar-refractivity contribution in [2.24, 2.45) is 7.05 Å². The third-order valence-electron chi connectivity index (χ3n) is 4.27. The van der Waals surface area contributed by atoms with Crippen molar-refractivity contribution < 1.29 is 4.74 Å². The molecule has 1 aliphatic rings. The Balaban J connectivity index is 1.89. The number of rotatable bonds is 6. The molecule has 1 aliphatic heterocycles. The zero-order valence-corrected chi connectivity index (χ0v) is 16.4. The van der Waals surface area contributed by atoms with Crippen LogP contribution in [-0.2, 0) is 18.3 Å². The summed E-state index contributed by atoms with van der Waals surface area (Å²) in [6.45, 7) is 6.51. The molecule has 0 atom stereocenters. The fourth-order valence-corrected chi connectivity index (χ4v) is 3.88. The summed E-state index contributed by atoms with van der Waals surface area (Å²) < 4.78 is 8.53. The maximum absolute atomic E-state index is 12.3. The first kappa shape index (κ1) is 19.2.